The lowest BCUT2D eigenvalue weighted by atomic mass is 10.0. The minimum Gasteiger partial charge on any atom is -0.347 e. The molecule has 6 heteroatoms. The van der Waals surface area contributed by atoms with E-state index in [1.54, 1.807) is 24.5 Å². The van der Waals surface area contributed by atoms with Crippen molar-refractivity contribution < 1.29 is 4.79 Å². The van der Waals surface area contributed by atoms with E-state index in [2.05, 4.69) is 20.6 Å². The average molecular weight is 277 g/mol. The van der Waals surface area contributed by atoms with E-state index >= 15 is 0 Å². The number of nitrogens with zero attached hydrogens (tertiary/aromatic N) is 1. The Morgan fingerprint density at radius 1 is 1.47 bits per heavy atom. The summed E-state index contributed by atoms with van der Waals surface area (Å²) in [5, 5.41) is 6.63. The van der Waals surface area contributed by atoms with Gasteiger partial charge in [0.15, 0.2) is 0 Å². The van der Waals surface area contributed by atoms with Gasteiger partial charge in [-0.2, -0.15) is 0 Å². The number of rotatable bonds is 2. The highest BCUT2D eigenvalue weighted by molar-refractivity contribution is 6.30. The predicted octanol–water partition coefficient (Wildman–Crippen LogP) is 1.72. The Balaban J connectivity index is 1.69. The third-order valence-corrected chi connectivity index (χ3v) is 3.37. The molecule has 1 aromatic heterocycles. The standard InChI is InChI=1S/C13H13ClN4O/c14-8-2-1-3-9(4-8)18-13(19)11-5-10-12(6-15-11)17-7-16-10/h1-4,7,11,15H,5-6H2,(H,16,17)(H,18,19). The van der Waals surface area contributed by atoms with Crippen LogP contribution in [0.1, 0.15) is 11.4 Å². The van der Waals surface area contributed by atoms with Gasteiger partial charge >= 0.3 is 0 Å². The summed E-state index contributed by atoms with van der Waals surface area (Å²) in [6.07, 6.45) is 2.24. The van der Waals surface area contributed by atoms with Gasteiger partial charge in [-0.15, -0.1) is 0 Å². The molecule has 5 nitrogen and oxygen atoms in total. The second-order valence-electron chi connectivity index (χ2n) is 4.46. The van der Waals surface area contributed by atoms with Crippen molar-refractivity contribution in [3.63, 3.8) is 0 Å². The topological polar surface area (TPSA) is 69.8 Å². The monoisotopic (exact) mass is 276 g/mol. The first kappa shape index (κ1) is 12.2. The summed E-state index contributed by atoms with van der Waals surface area (Å²) in [5.41, 5.74) is 2.70. The zero-order valence-corrected chi connectivity index (χ0v) is 10.9. The van der Waals surface area contributed by atoms with Gasteiger partial charge in [0.1, 0.15) is 0 Å². The fourth-order valence-electron chi connectivity index (χ4n) is 2.15. The lowest BCUT2D eigenvalue weighted by Crippen LogP contribution is -2.44. The Kier molecular flexibility index (Phi) is 3.23. The maximum atomic E-state index is 12.2. The number of carbonyl (C=O) groups excluding carboxylic acids is 1. The average Bonchev–Trinajstić information content (AvgIpc) is 2.85. The molecule has 19 heavy (non-hydrogen) atoms. The van der Waals surface area contributed by atoms with Crippen molar-refractivity contribution in [2.45, 2.75) is 19.0 Å². The molecule has 1 amide bonds. The summed E-state index contributed by atoms with van der Waals surface area (Å²) >= 11 is 5.89. The van der Waals surface area contributed by atoms with E-state index in [4.69, 9.17) is 11.6 Å². The van der Waals surface area contributed by atoms with Crippen LogP contribution in [0.3, 0.4) is 0 Å². The lowest BCUT2D eigenvalue weighted by molar-refractivity contribution is -0.118. The van der Waals surface area contributed by atoms with Gasteiger partial charge in [0, 0.05) is 23.7 Å². The molecule has 3 N–H and O–H groups in total. The van der Waals surface area contributed by atoms with Crippen LogP contribution >= 0.6 is 11.6 Å². The molecule has 98 valence electrons. The number of nitrogens with one attached hydrogen (secondary N) is 3. The van der Waals surface area contributed by atoms with Gasteiger partial charge in [0.2, 0.25) is 5.91 Å². The Bertz CT molecular complexity index is 610. The summed E-state index contributed by atoms with van der Waals surface area (Å²) in [6, 6.07) is 6.84. The number of halogens is 1. The van der Waals surface area contributed by atoms with Crippen molar-refractivity contribution in [2.24, 2.45) is 0 Å². The molecule has 1 aliphatic rings. The van der Waals surface area contributed by atoms with Crippen molar-refractivity contribution >= 4 is 23.2 Å². The zero-order valence-electron chi connectivity index (χ0n) is 10.1. The summed E-state index contributed by atoms with van der Waals surface area (Å²) in [6.45, 7) is 0.628. The number of anilines is 1. The molecule has 0 saturated carbocycles. The minimum absolute atomic E-state index is 0.0732. The largest absolute Gasteiger partial charge is 0.347 e. The van der Waals surface area contributed by atoms with Gasteiger partial charge in [-0.05, 0) is 18.2 Å². The van der Waals surface area contributed by atoms with Crippen LogP contribution in [0.2, 0.25) is 5.02 Å². The zero-order chi connectivity index (χ0) is 13.2. The number of H-pyrrole nitrogens is 1. The molecule has 0 bridgehead atoms. The highest BCUT2D eigenvalue weighted by Gasteiger charge is 2.25. The molecule has 2 heterocycles. The van der Waals surface area contributed by atoms with Crippen molar-refractivity contribution in [1.29, 1.82) is 0 Å². The van der Waals surface area contributed by atoms with E-state index in [9.17, 15) is 4.79 Å². The number of aromatic amines is 1. The highest BCUT2D eigenvalue weighted by atomic mass is 35.5. The van der Waals surface area contributed by atoms with Crippen LogP contribution in [0, 0.1) is 0 Å². The second-order valence-corrected chi connectivity index (χ2v) is 4.90. The molecule has 2 aromatic rings. The van der Waals surface area contributed by atoms with Crippen LogP contribution in [0.5, 0.6) is 0 Å². The highest BCUT2D eigenvalue weighted by Crippen LogP contribution is 2.17. The first-order valence-corrected chi connectivity index (χ1v) is 6.41. The number of fused-ring (bicyclic) bond motifs is 1. The number of benzene rings is 1. The van der Waals surface area contributed by atoms with Crippen LogP contribution in [0.25, 0.3) is 0 Å². The summed E-state index contributed by atoms with van der Waals surface area (Å²) < 4.78 is 0. The summed E-state index contributed by atoms with van der Waals surface area (Å²) in [5.74, 6) is -0.0732. The lowest BCUT2D eigenvalue weighted by Gasteiger charge is -2.22. The number of amides is 1. The Morgan fingerprint density at radius 2 is 2.37 bits per heavy atom. The Labute approximate surface area is 115 Å². The number of hydrogen-bond donors (Lipinski definition) is 3. The maximum Gasteiger partial charge on any atom is 0.241 e. The van der Waals surface area contributed by atoms with Gasteiger partial charge in [-0.25, -0.2) is 4.98 Å². The van der Waals surface area contributed by atoms with Crippen molar-refractivity contribution in [2.75, 3.05) is 5.32 Å². The minimum atomic E-state index is -0.269. The number of aromatic nitrogens is 2. The van der Waals surface area contributed by atoms with E-state index in [1.165, 1.54) is 0 Å². The van der Waals surface area contributed by atoms with Gasteiger partial charge < -0.3 is 10.3 Å². The van der Waals surface area contributed by atoms with E-state index in [-0.39, 0.29) is 11.9 Å². The summed E-state index contributed by atoms with van der Waals surface area (Å²) in [4.78, 5) is 19.4. The first-order valence-electron chi connectivity index (χ1n) is 6.03. The van der Waals surface area contributed by atoms with Gasteiger partial charge in [0.25, 0.3) is 0 Å². The van der Waals surface area contributed by atoms with E-state index < -0.39 is 0 Å². The van der Waals surface area contributed by atoms with Crippen LogP contribution in [-0.2, 0) is 17.8 Å². The Hall–Kier alpha value is -1.85. The smallest absolute Gasteiger partial charge is 0.241 e. The molecule has 1 aliphatic heterocycles. The first-order chi connectivity index (χ1) is 9.22. The third kappa shape index (κ3) is 2.62. The second kappa shape index (κ2) is 5.03. The number of hydrogen-bond acceptors (Lipinski definition) is 3. The molecule has 1 unspecified atom stereocenters. The van der Waals surface area contributed by atoms with Crippen molar-refractivity contribution in [3.8, 4) is 0 Å². The van der Waals surface area contributed by atoms with Crippen LogP contribution in [0.15, 0.2) is 30.6 Å². The number of carbonyl (C=O) groups is 1. The molecule has 0 spiro atoms. The maximum absolute atomic E-state index is 12.2. The van der Waals surface area contributed by atoms with Crippen LogP contribution in [-0.4, -0.2) is 21.9 Å². The molecule has 1 atom stereocenters. The van der Waals surface area contributed by atoms with Crippen molar-refractivity contribution in [1.82, 2.24) is 15.3 Å². The Morgan fingerprint density at radius 3 is 3.21 bits per heavy atom. The molecular formula is C13H13ClN4O. The third-order valence-electron chi connectivity index (χ3n) is 3.14. The van der Waals surface area contributed by atoms with Crippen LogP contribution in [0.4, 0.5) is 5.69 Å². The van der Waals surface area contributed by atoms with E-state index in [1.807, 2.05) is 6.07 Å². The van der Waals surface area contributed by atoms with E-state index in [0.717, 1.165) is 11.4 Å². The quantitative estimate of drug-likeness (QED) is 0.782. The molecule has 0 saturated heterocycles. The molecule has 0 fully saturated rings. The normalized spacial score (nSPS) is 17.8. The van der Waals surface area contributed by atoms with Gasteiger partial charge in [-0.1, -0.05) is 17.7 Å². The van der Waals surface area contributed by atoms with Crippen LogP contribution < -0.4 is 10.6 Å². The van der Waals surface area contributed by atoms with Gasteiger partial charge in [0.05, 0.1) is 23.8 Å². The fraction of sp³-hybridized carbons (Fsp3) is 0.231. The fourth-order valence-corrected chi connectivity index (χ4v) is 2.34. The van der Waals surface area contributed by atoms with E-state index in [0.29, 0.717) is 23.7 Å². The van der Waals surface area contributed by atoms with Crippen molar-refractivity contribution in [3.05, 3.63) is 47.0 Å². The summed E-state index contributed by atoms with van der Waals surface area (Å²) in [7, 11) is 0. The number of imidazole rings is 1. The molecular weight excluding hydrogens is 264 g/mol. The molecule has 0 aliphatic carbocycles. The van der Waals surface area contributed by atoms with Gasteiger partial charge in [-0.3, -0.25) is 10.1 Å². The SMILES string of the molecule is O=C(Nc1cccc(Cl)c1)C1Cc2nc[nH]c2CN1. The predicted molar refractivity (Wildman–Crippen MR) is 73.0 cm³/mol. The molecule has 1 aromatic carbocycles. The molecule has 3 rings (SSSR count). The molecule has 0 radical (unpaired) electrons.